The van der Waals surface area contributed by atoms with Gasteiger partial charge in [-0.1, -0.05) is 0 Å². The highest BCUT2D eigenvalue weighted by atomic mass is 16.1. The van der Waals surface area contributed by atoms with Gasteiger partial charge in [-0.25, -0.2) is 9.50 Å². The Hall–Kier alpha value is -1.95. The number of aromatic nitrogens is 3. The van der Waals surface area contributed by atoms with E-state index in [2.05, 4.69) is 34.1 Å². The summed E-state index contributed by atoms with van der Waals surface area (Å²) < 4.78 is 1.82. The third-order valence-electron chi connectivity index (χ3n) is 4.27. The number of likely N-dealkylation sites (tertiary alicyclic amines) is 1. The lowest BCUT2D eigenvalue weighted by atomic mass is 10.0. The smallest absolute Gasteiger partial charge is 0.256 e. The zero-order chi connectivity index (χ0) is 15.0. The minimum atomic E-state index is -0.148. The molecule has 2 aromatic rings. The number of hydrogen-bond acceptors (Lipinski definition) is 4. The second kappa shape index (κ2) is 5.44. The van der Waals surface area contributed by atoms with Gasteiger partial charge in [0.1, 0.15) is 5.56 Å². The van der Waals surface area contributed by atoms with Crippen LogP contribution in [-0.4, -0.2) is 51.6 Å². The number of carbonyl (C=O) groups excluding carboxylic acids is 1. The number of amides is 1. The first-order valence-corrected chi connectivity index (χ1v) is 7.40. The summed E-state index contributed by atoms with van der Waals surface area (Å²) in [6.45, 7) is 6.59. The molecule has 112 valence electrons. The molecule has 1 fully saturated rings. The lowest BCUT2D eigenvalue weighted by Crippen LogP contribution is -2.28. The van der Waals surface area contributed by atoms with E-state index in [-0.39, 0.29) is 5.91 Å². The Balaban J connectivity index is 1.97. The molecule has 1 atom stereocenters. The zero-order valence-electron chi connectivity index (χ0n) is 12.7. The molecule has 1 aliphatic rings. The number of carbonyl (C=O) groups is 1. The molecule has 0 radical (unpaired) electrons. The Morgan fingerprint density at radius 2 is 2.29 bits per heavy atom. The van der Waals surface area contributed by atoms with E-state index in [1.165, 1.54) is 0 Å². The van der Waals surface area contributed by atoms with Crippen molar-refractivity contribution in [3.05, 3.63) is 29.7 Å². The molecule has 0 spiro atoms. The predicted molar refractivity (Wildman–Crippen MR) is 80.4 cm³/mol. The number of hydrogen-bond donors (Lipinski definition) is 1. The maximum atomic E-state index is 11.8. The van der Waals surface area contributed by atoms with Crippen LogP contribution in [0, 0.1) is 0 Å². The first-order valence-electron chi connectivity index (χ1n) is 7.40. The summed E-state index contributed by atoms with van der Waals surface area (Å²) in [6, 6.07) is 2.58. The van der Waals surface area contributed by atoms with Crippen LogP contribution in [0.15, 0.2) is 18.5 Å². The molecule has 0 unspecified atom stereocenters. The fourth-order valence-corrected chi connectivity index (χ4v) is 3.01. The van der Waals surface area contributed by atoms with Crippen LogP contribution in [0.2, 0.25) is 0 Å². The minimum Gasteiger partial charge on any atom is -0.355 e. The highest BCUT2D eigenvalue weighted by Gasteiger charge is 2.28. The highest BCUT2D eigenvalue weighted by Crippen LogP contribution is 2.28. The monoisotopic (exact) mass is 287 g/mol. The van der Waals surface area contributed by atoms with Crippen molar-refractivity contribution in [1.29, 1.82) is 0 Å². The summed E-state index contributed by atoms with van der Waals surface area (Å²) in [5.74, 6) is 0.292. The zero-order valence-corrected chi connectivity index (χ0v) is 12.7. The van der Waals surface area contributed by atoms with Crippen LogP contribution in [0.1, 0.15) is 42.2 Å². The third kappa shape index (κ3) is 2.40. The van der Waals surface area contributed by atoms with E-state index >= 15 is 0 Å². The van der Waals surface area contributed by atoms with Crippen LogP contribution in [-0.2, 0) is 0 Å². The van der Waals surface area contributed by atoms with Crippen molar-refractivity contribution in [2.24, 2.45) is 0 Å². The average Bonchev–Trinajstić information content (AvgIpc) is 3.13. The molecule has 1 saturated heterocycles. The molecular formula is C15H21N5O. The van der Waals surface area contributed by atoms with Gasteiger partial charge in [0.2, 0.25) is 0 Å². The van der Waals surface area contributed by atoms with Gasteiger partial charge in [0.15, 0.2) is 5.65 Å². The summed E-state index contributed by atoms with van der Waals surface area (Å²) >= 11 is 0. The number of rotatable bonds is 3. The molecule has 6 heteroatoms. The standard InChI is InChI=1S/C15H21N5O/c1-10(2)19-7-5-11(9-19)13-4-6-17-14-12(15(21)16-3)8-18-20(13)14/h4,6,8,10-11H,5,7,9H2,1-3H3,(H,16,21)/t11-/m1/s1. The van der Waals surface area contributed by atoms with Crippen molar-refractivity contribution in [3.63, 3.8) is 0 Å². The Kier molecular flexibility index (Phi) is 3.63. The molecular weight excluding hydrogens is 266 g/mol. The normalized spacial score (nSPS) is 19.5. The van der Waals surface area contributed by atoms with Crippen molar-refractivity contribution in [2.75, 3.05) is 20.1 Å². The van der Waals surface area contributed by atoms with E-state index in [0.717, 1.165) is 25.2 Å². The second-order valence-electron chi connectivity index (χ2n) is 5.82. The maximum Gasteiger partial charge on any atom is 0.256 e. The quantitative estimate of drug-likeness (QED) is 0.924. The molecule has 6 nitrogen and oxygen atoms in total. The van der Waals surface area contributed by atoms with Crippen molar-refractivity contribution < 1.29 is 4.79 Å². The first-order chi connectivity index (χ1) is 10.1. The van der Waals surface area contributed by atoms with E-state index < -0.39 is 0 Å². The average molecular weight is 287 g/mol. The number of nitrogens with zero attached hydrogens (tertiary/aromatic N) is 4. The second-order valence-corrected chi connectivity index (χ2v) is 5.82. The Morgan fingerprint density at radius 3 is 2.95 bits per heavy atom. The van der Waals surface area contributed by atoms with Gasteiger partial charge in [0.05, 0.1) is 11.9 Å². The van der Waals surface area contributed by atoms with Crippen molar-refractivity contribution >= 4 is 11.6 Å². The molecule has 0 saturated carbocycles. The van der Waals surface area contributed by atoms with Crippen LogP contribution in [0.25, 0.3) is 5.65 Å². The van der Waals surface area contributed by atoms with Crippen LogP contribution < -0.4 is 5.32 Å². The Morgan fingerprint density at radius 1 is 1.48 bits per heavy atom. The van der Waals surface area contributed by atoms with E-state index in [4.69, 9.17) is 0 Å². The van der Waals surface area contributed by atoms with Crippen molar-refractivity contribution in [1.82, 2.24) is 24.8 Å². The highest BCUT2D eigenvalue weighted by molar-refractivity contribution is 5.99. The maximum absolute atomic E-state index is 11.8. The van der Waals surface area contributed by atoms with E-state index in [9.17, 15) is 4.79 Å². The van der Waals surface area contributed by atoms with Gasteiger partial charge in [-0.3, -0.25) is 4.79 Å². The molecule has 0 bridgehead atoms. The third-order valence-corrected chi connectivity index (χ3v) is 4.27. The molecule has 3 rings (SSSR count). The molecule has 1 aliphatic heterocycles. The lowest BCUT2D eigenvalue weighted by Gasteiger charge is -2.20. The minimum absolute atomic E-state index is 0.148. The van der Waals surface area contributed by atoms with E-state index in [1.54, 1.807) is 19.4 Å². The van der Waals surface area contributed by atoms with Crippen LogP contribution in [0.5, 0.6) is 0 Å². The van der Waals surface area contributed by atoms with Crippen LogP contribution in [0.3, 0.4) is 0 Å². The van der Waals surface area contributed by atoms with Gasteiger partial charge in [-0.15, -0.1) is 0 Å². The molecule has 0 aromatic carbocycles. The van der Waals surface area contributed by atoms with Gasteiger partial charge in [0.25, 0.3) is 5.91 Å². The fraction of sp³-hybridized carbons (Fsp3) is 0.533. The summed E-state index contributed by atoms with van der Waals surface area (Å²) in [6.07, 6.45) is 4.49. The summed E-state index contributed by atoms with van der Waals surface area (Å²) in [7, 11) is 1.62. The van der Waals surface area contributed by atoms with Gasteiger partial charge in [0, 0.05) is 31.7 Å². The van der Waals surface area contributed by atoms with Crippen molar-refractivity contribution in [2.45, 2.75) is 32.2 Å². The van der Waals surface area contributed by atoms with E-state index in [0.29, 0.717) is 23.2 Å². The Labute approximate surface area is 124 Å². The molecule has 0 aliphatic carbocycles. The molecule has 1 amide bonds. The fourth-order valence-electron chi connectivity index (χ4n) is 3.01. The van der Waals surface area contributed by atoms with Crippen LogP contribution in [0.4, 0.5) is 0 Å². The van der Waals surface area contributed by atoms with Gasteiger partial charge >= 0.3 is 0 Å². The summed E-state index contributed by atoms with van der Waals surface area (Å²) in [5, 5.41) is 7.01. The van der Waals surface area contributed by atoms with E-state index in [1.807, 2.05) is 10.6 Å². The van der Waals surface area contributed by atoms with Gasteiger partial charge < -0.3 is 10.2 Å². The topological polar surface area (TPSA) is 62.5 Å². The molecule has 3 heterocycles. The van der Waals surface area contributed by atoms with Gasteiger partial charge in [-0.2, -0.15) is 5.10 Å². The largest absolute Gasteiger partial charge is 0.355 e. The lowest BCUT2D eigenvalue weighted by molar-refractivity contribution is 0.0964. The first kappa shape index (κ1) is 14.0. The van der Waals surface area contributed by atoms with Gasteiger partial charge in [-0.05, 0) is 32.9 Å². The Bertz CT molecular complexity index is 663. The summed E-state index contributed by atoms with van der Waals surface area (Å²) in [5.41, 5.74) is 2.30. The molecule has 2 aromatic heterocycles. The summed E-state index contributed by atoms with van der Waals surface area (Å²) in [4.78, 5) is 18.6. The van der Waals surface area contributed by atoms with Crippen molar-refractivity contribution in [3.8, 4) is 0 Å². The SMILES string of the molecule is CNC(=O)c1cnn2c([C@@H]3CCN(C(C)C)C3)ccnc12. The molecule has 1 N–H and O–H groups in total. The molecule has 21 heavy (non-hydrogen) atoms. The van der Waals surface area contributed by atoms with Crippen LogP contribution >= 0.6 is 0 Å². The number of fused-ring (bicyclic) bond motifs is 1. The predicted octanol–water partition coefficient (Wildman–Crippen LogP) is 1.29. The number of nitrogens with one attached hydrogen (secondary N) is 1.